The summed E-state index contributed by atoms with van der Waals surface area (Å²) in [6.07, 6.45) is 0. The third-order valence-electron chi connectivity index (χ3n) is 3.29. The van der Waals surface area contributed by atoms with Gasteiger partial charge in [-0.3, -0.25) is 4.90 Å². The number of hydrogen-bond acceptors (Lipinski definition) is 5. The maximum atomic E-state index is 12.2. The van der Waals surface area contributed by atoms with Crippen molar-refractivity contribution in [3.05, 3.63) is 28.8 Å². The molecule has 7 nitrogen and oxygen atoms in total. The van der Waals surface area contributed by atoms with Crippen LogP contribution in [0.15, 0.2) is 23.1 Å². The molecule has 1 aliphatic heterocycles. The van der Waals surface area contributed by atoms with Crippen LogP contribution in [-0.2, 0) is 14.8 Å². The van der Waals surface area contributed by atoms with Crippen LogP contribution in [0.4, 0.5) is 0 Å². The molecule has 0 saturated carbocycles. The molecular formula is C13H17ClN2O5S. The summed E-state index contributed by atoms with van der Waals surface area (Å²) < 4.78 is 32.1. The minimum absolute atomic E-state index is 0.0581. The van der Waals surface area contributed by atoms with Crippen molar-refractivity contribution in [2.75, 3.05) is 39.4 Å². The Hall–Kier alpha value is -1.19. The number of nitrogens with zero attached hydrogens (tertiary/aromatic N) is 1. The molecule has 1 aliphatic rings. The second-order valence-corrected chi connectivity index (χ2v) is 6.94. The summed E-state index contributed by atoms with van der Waals surface area (Å²) in [5.41, 5.74) is -0.0581. The number of nitrogens with one attached hydrogen (secondary N) is 1. The van der Waals surface area contributed by atoms with Gasteiger partial charge in [0.1, 0.15) is 4.90 Å². The zero-order valence-corrected chi connectivity index (χ0v) is 13.4. The molecule has 0 aromatic heterocycles. The van der Waals surface area contributed by atoms with E-state index in [0.29, 0.717) is 19.8 Å². The fourth-order valence-electron chi connectivity index (χ4n) is 2.09. The van der Waals surface area contributed by atoms with Crippen LogP contribution in [-0.4, -0.2) is 63.8 Å². The Bertz CT molecular complexity index is 644. The number of halogens is 1. The molecule has 0 radical (unpaired) electrons. The minimum atomic E-state index is -3.77. The average Bonchev–Trinajstić information content (AvgIpc) is 2.47. The third kappa shape index (κ3) is 4.40. The first-order chi connectivity index (χ1) is 10.4. The molecule has 0 bridgehead atoms. The highest BCUT2D eigenvalue weighted by molar-refractivity contribution is 7.89. The van der Waals surface area contributed by atoms with E-state index < -0.39 is 16.0 Å². The number of sulfonamides is 1. The summed E-state index contributed by atoms with van der Waals surface area (Å²) in [5, 5.41) is 8.74. The topological polar surface area (TPSA) is 95.9 Å². The number of benzene rings is 1. The molecule has 2 N–H and O–H groups in total. The lowest BCUT2D eigenvalue weighted by atomic mass is 10.2. The van der Waals surface area contributed by atoms with Crippen molar-refractivity contribution in [3.63, 3.8) is 0 Å². The van der Waals surface area contributed by atoms with Crippen molar-refractivity contribution in [1.82, 2.24) is 9.62 Å². The molecule has 1 heterocycles. The lowest BCUT2D eigenvalue weighted by molar-refractivity contribution is 0.0390. The van der Waals surface area contributed by atoms with Gasteiger partial charge in [-0.15, -0.1) is 0 Å². The maximum Gasteiger partial charge on any atom is 0.335 e. The van der Waals surface area contributed by atoms with E-state index in [0.717, 1.165) is 19.2 Å². The van der Waals surface area contributed by atoms with Crippen LogP contribution < -0.4 is 4.72 Å². The van der Waals surface area contributed by atoms with Gasteiger partial charge in [0.15, 0.2) is 0 Å². The van der Waals surface area contributed by atoms with Crippen molar-refractivity contribution in [3.8, 4) is 0 Å². The van der Waals surface area contributed by atoms with E-state index in [2.05, 4.69) is 9.62 Å². The van der Waals surface area contributed by atoms with E-state index in [1.165, 1.54) is 12.1 Å². The molecule has 1 aromatic rings. The monoisotopic (exact) mass is 348 g/mol. The van der Waals surface area contributed by atoms with E-state index in [1.807, 2.05) is 0 Å². The zero-order chi connectivity index (χ0) is 16.2. The lowest BCUT2D eigenvalue weighted by Gasteiger charge is -2.26. The summed E-state index contributed by atoms with van der Waals surface area (Å²) in [6.45, 7) is 3.67. The highest BCUT2D eigenvalue weighted by Crippen LogP contribution is 2.22. The van der Waals surface area contributed by atoms with Crippen LogP contribution >= 0.6 is 11.6 Å². The van der Waals surface area contributed by atoms with E-state index in [-0.39, 0.29) is 22.0 Å². The summed E-state index contributed by atoms with van der Waals surface area (Å²) in [6, 6.07) is 3.54. The van der Waals surface area contributed by atoms with Gasteiger partial charge in [-0.1, -0.05) is 11.6 Å². The molecule has 1 aromatic carbocycles. The number of hydrogen-bond donors (Lipinski definition) is 2. The normalized spacial score (nSPS) is 16.6. The lowest BCUT2D eigenvalue weighted by Crippen LogP contribution is -2.41. The number of rotatable bonds is 6. The Morgan fingerprint density at radius 1 is 1.36 bits per heavy atom. The first-order valence-corrected chi connectivity index (χ1v) is 8.59. The number of carbonyl (C=O) groups is 1. The fourth-order valence-corrected chi connectivity index (χ4v) is 3.66. The third-order valence-corrected chi connectivity index (χ3v) is 5.24. The Balaban J connectivity index is 1.99. The SMILES string of the molecule is O=C(O)c1ccc(S(=O)(=O)NCCN2CCOCC2)c(Cl)c1. The van der Waals surface area contributed by atoms with Gasteiger partial charge in [-0.25, -0.2) is 17.9 Å². The Morgan fingerprint density at radius 2 is 2.05 bits per heavy atom. The van der Waals surface area contributed by atoms with Gasteiger partial charge in [0.25, 0.3) is 0 Å². The predicted molar refractivity (Wildman–Crippen MR) is 80.9 cm³/mol. The molecule has 9 heteroatoms. The molecule has 1 fully saturated rings. The second-order valence-electron chi connectivity index (χ2n) is 4.80. The average molecular weight is 349 g/mol. The molecule has 2 rings (SSSR count). The first kappa shape index (κ1) is 17.2. The quantitative estimate of drug-likeness (QED) is 0.783. The van der Waals surface area contributed by atoms with E-state index in [1.54, 1.807) is 0 Å². The van der Waals surface area contributed by atoms with Crippen LogP contribution in [0.5, 0.6) is 0 Å². The maximum absolute atomic E-state index is 12.2. The molecule has 22 heavy (non-hydrogen) atoms. The van der Waals surface area contributed by atoms with Gasteiger partial charge >= 0.3 is 5.97 Å². The Kier molecular flexibility index (Phi) is 5.76. The van der Waals surface area contributed by atoms with Gasteiger partial charge in [-0.05, 0) is 18.2 Å². The summed E-state index contributed by atoms with van der Waals surface area (Å²) in [4.78, 5) is 12.8. The summed E-state index contributed by atoms with van der Waals surface area (Å²) in [7, 11) is -3.77. The van der Waals surface area contributed by atoms with Crippen LogP contribution in [0.25, 0.3) is 0 Å². The summed E-state index contributed by atoms with van der Waals surface area (Å²) in [5.74, 6) is -1.16. The van der Waals surface area contributed by atoms with Gasteiger partial charge in [0, 0.05) is 26.2 Å². The van der Waals surface area contributed by atoms with Crippen molar-refractivity contribution < 1.29 is 23.1 Å². The number of carboxylic acids is 1. The molecule has 0 atom stereocenters. The van der Waals surface area contributed by atoms with Gasteiger partial charge < -0.3 is 9.84 Å². The van der Waals surface area contributed by atoms with Crippen LogP contribution in [0.2, 0.25) is 5.02 Å². The standard InChI is InChI=1S/C13H17ClN2O5S/c14-11-9-10(13(17)18)1-2-12(11)22(19,20)15-3-4-16-5-7-21-8-6-16/h1-2,9,15H,3-8H2,(H,17,18). The van der Waals surface area contributed by atoms with Gasteiger partial charge in [0.2, 0.25) is 10.0 Å². The van der Waals surface area contributed by atoms with E-state index >= 15 is 0 Å². The summed E-state index contributed by atoms with van der Waals surface area (Å²) >= 11 is 5.88. The van der Waals surface area contributed by atoms with E-state index in [4.69, 9.17) is 21.4 Å². The van der Waals surface area contributed by atoms with Crippen molar-refractivity contribution in [2.45, 2.75) is 4.90 Å². The second kappa shape index (κ2) is 7.38. The number of morpholine rings is 1. The van der Waals surface area contributed by atoms with Crippen molar-refractivity contribution in [2.24, 2.45) is 0 Å². The van der Waals surface area contributed by atoms with Gasteiger partial charge in [0.05, 0.1) is 23.8 Å². The predicted octanol–water partition coefficient (Wildman–Crippen LogP) is 0.649. The molecule has 0 amide bonds. The first-order valence-electron chi connectivity index (χ1n) is 6.73. The van der Waals surface area contributed by atoms with E-state index in [9.17, 15) is 13.2 Å². The van der Waals surface area contributed by atoms with Gasteiger partial charge in [-0.2, -0.15) is 0 Å². The number of carboxylic acid groups (broad SMARTS) is 1. The fraction of sp³-hybridized carbons (Fsp3) is 0.462. The molecule has 0 unspecified atom stereocenters. The van der Waals surface area contributed by atoms with Crippen LogP contribution in [0.1, 0.15) is 10.4 Å². The number of aromatic carboxylic acids is 1. The van der Waals surface area contributed by atoms with Crippen molar-refractivity contribution >= 4 is 27.6 Å². The minimum Gasteiger partial charge on any atom is -0.478 e. The molecule has 0 aliphatic carbocycles. The smallest absolute Gasteiger partial charge is 0.335 e. The highest BCUT2D eigenvalue weighted by Gasteiger charge is 2.19. The van der Waals surface area contributed by atoms with Crippen molar-refractivity contribution in [1.29, 1.82) is 0 Å². The molecule has 0 spiro atoms. The molecule has 1 saturated heterocycles. The zero-order valence-electron chi connectivity index (χ0n) is 11.8. The Morgan fingerprint density at radius 3 is 2.64 bits per heavy atom. The molecular weight excluding hydrogens is 332 g/mol. The number of ether oxygens (including phenoxy) is 1. The molecule has 122 valence electrons. The van der Waals surface area contributed by atoms with Crippen LogP contribution in [0, 0.1) is 0 Å². The Labute approximate surface area is 133 Å². The van der Waals surface area contributed by atoms with Crippen LogP contribution in [0.3, 0.4) is 0 Å². The highest BCUT2D eigenvalue weighted by atomic mass is 35.5. The largest absolute Gasteiger partial charge is 0.478 e.